The third kappa shape index (κ3) is 3.04. The summed E-state index contributed by atoms with van der Waals surface area (Å²) in [7, 11) is 1.62. The molecule has 0 fully saturated rings. The molecule has 2 aliphatic rings. The topological polar surface area (TPSA) is 57.1 Å². The number of benzene rings is 2. The van der Waals surface area contributed by atoms with Crippen molar-refractivity contribution in [3.8, 4) is 11.5 Å². The molecule has 0 saturated heterocycles. The maximum atomic E-state index is 12.1. The smallest absolute Gasteiger partial charge is 0.363 e. The van der Waals surface area contributed by atoms with E-state index < -0.39 is 5.97 Å². The van der Waals surface area contributed by atoms with Crippen molar-refractivity contribution in [2.24, 2.45) is 4.99 Å². The van der Waals surface area contributed by atoms with Crippen LogP contribution in [0.15, 0.2) is 70.9 Å². The van der Waals surface area contributed by atoms with Gasteiger partial charge in [0.2, 0.25) is 5.90 Å². The Labute approximate surface area is 144 Å². The Morgan fingerprint density at radius 1 is 1.16 bits per heavy atom. The van der Waals surface area contributed by atoms with Crippen molar-refractivity contribution in [2.45, 2.75) is 0 Å². The zero-order chi connectivity index (χ0) is 17.2. The second-order valence-corrected chi connectivity index (χ2v) is 5.61. The van der Waals surface area contributed by atoms with Crippen molar-refractivity contribution in [1.29, 1.82) is 0 Å². The van der Waals surface area contributed by atoms with Gasteiger partial charge in [0, 0.05) is 17.2 Å². The van der Waals surface area contributed by atoms with Crippen molar-refractivity contribution in [2.75, 3.05) is 13.7 Å². The highest BCUT2D eigenvalue weighted by Gasteiger charge is 2.24. The first kappa shape index (κ1) is 15.2. The Bertz CT molecular complexity index is 926. The molecule has 2 aromatic carbocycles. The monoisotopic (exact) mass is 333 g/mol. The molecule has 2 aliphatic heterocycles. The molecule has 0 amide bonds. The summed E-state index contributed by atoms with van der Waals surface area (Å²) in [4.78, 5) is 16.4. The molecule has 0 saturated carbocycles. The lowest BCUT2D eigenvalue weighted by atomic mass is 10.1. The number of hydrogen-bond acceptors (Lipinski definition) is 5. The zero-order valence-corrected chi connectivity index (χ0v) is 13.6. The van der Waals surface area contributed by atoms with Gasteiger partial charge in [-0.05, 0) is 42.0 Å². The average molecular weight is 333 g/mol. The average Bonchev–Trinajstić information content (AvgIpc) is 3.02. The predicted molar refractivity (Wildman–Crippen MR) is 93.6 cm³/mol. The molecule has 0 unspecified atom stereocenters. The summed E-state index contributed by atoms with van der Waals surface area (Å²) in [5.41, 5.74) is 2.82. The molecular weight excluding hydrogens is 318 g/mol. The maximum Gasteiger partial charge on any atom is 0.363 e. The molecule has 0 spiro atoms. The SMILES string of the molecule is COc1ccc2c(c1)OCC(/C=C1\N=C(c3ccccc3)OC1=O)=C2. The van der Waals surface area contributed by atoms with E-state index in [1.54, 1.807) is 13.2 Å². The van der Waals surface area contributed by atoms with E-state index in [9.17, 15) is 4.79 Å². The Morgan fingerprint density at radius 2 is 2.00 bits per heavy atom. The van der Waals surface area contributed by atoms with Gasteiger partial charge in [-0.25, -0.2) is 9.79 Å². The second-order valence-electron chi connectivity index (χ2n) is 5.61. The Morgan fingerprint density at radius 3 is 2.80 bits per heavy atom. The number of carbonyl (C=O) groups is 1. The van der Waals surface area contributed by atoms with Gasteiger partial charge in [-0.1, -0.05) is 18.2 Å². The second kappa shape index (κ2) is 6.28. The molecule has 25 heavy (non-hydrogen) atoms. The fourth-order valence-corrected chi connectivity index (χ4v) is 2.66. The minimum atomic E-state index is -0.458. The Kier molecular flexibility index (Phi) is 3.82. The van der Waals surface area contributed by atoms with Crippen LogP contribution in [0, 0.1) is 0 Å². The van der Waals surface area contributed by atoms with Crippen LogP contribution in [-0.4, -0.2) is 25.6 Å². The van der Waals surface area contributed by atoms with Crippen LogP contribution in [0.25, 0.3) is 6.08 Å². The quantitative estimate of drug-likeness (QED) is 0.638. The summed E-state index contributed by atoms with van der Waals surface area (Å²) in [6.07, 6.45) is 3.67. The number of esters is 1. The lowest BCUT2D eigenvalue weighted by Crippen LogP contribution is -2.08. The Balaban J connectivity index is 1.63. The molecule has 0 aromatic heterocycles. The van der Waals surface area contributed by atoms with E-state index in [4.69, 9.17) is 14.2 Å². The van der Waals surface area contributed by atoms with E-state index in [0.29, 0.717) is 12.5 Å². The normalized spacial score (nSPS) is 17.3. The highest BCUT2D eigenvalue weighted by molar-refractivity contribution is 6.11. The van der Waals surface area contributed by atoms with E-state index in [1.807, 2.05) is 54.6 Å². The largest absolute Gasteiger partial charge is 0.497 e. The summed E-state index contributed by atoms with van der Waals surface area (Å²) in [5.74, 6) is 1.36. The van der Waals surface area contributed by atoms with Gasteiger partial charge in [-0.15, -0.1) is 0 Å². The summed E-state index contributed by atoms with van der Waals surface area (Å²) >= 11 is 0. The standard InChI is InChI=1S/C20H15NO4/c1-23-16-8-7-15-9-13(12-24-18(15)11-16)10-17-20(22)25-19(21-17)14-5-3-2-4-6-14/h2-11H,12H2,1H3/b17-10-. The van der Waals surface area contributed by atoms with Gasteiger partial charge in [-0.3, -0.25) is 0 Å². The molecule has 0 N–H and O–H groups in total. The molecule has 4 rings (SSSR count). The number of cyclic esters (lactones) is 1. The highest BCUT2D eigenvalue weighted by atomic mass is 16.6. The molecule has 124 valence electrons. The number of rotatable bonds is 3. The third-order valence-electron chi connectivity index (χ3n) is 3.92. The van der Waals surface area contributed by atoms with Crippen LogP contribution in [-0.2, 0) is 9.53 Å². The van der Waals surface area contributed by atoms with Crippen molar-refractivity contribution in [3.05, 3.63) is 77.0 Å². The molecular formula is C20H15NO4. The summed E-state index contributed by atoms with van der Waals surface area (Å²) in [5, 5.41) is 0. The molecule has 5 heteroatoms. The van der Waals surface area contributed by atoms with Crippen LogP contribution in [0.4, 0.5) is 0 Å². The van der Waals surface area contributed by atoms with Crippen LogP contribution in [0.3, 0.4) is 0 Å². The van der Waals surface area contributed by atoms with E-state index in [1.165, 1.54) is 0 Å². The van der Waals surface area contributed by atoms with Crippen LogP contribution in [0.2, 0.25) is 0 Å². The zero-order valence-electron chi connectivity index (χ0n) is 13.6. The number of methoxy groups -OCH3 is 1. The van der Waals surface area contributed by atoms with Gasteiger partial charge in [0.25, 0.3) is 0 Å². The molecule has 0 aliphatic carbocycles. The lowest BCUT2D eigenvalue weighted by Gasteiger charge is -2.16. The van der Waals surface area contributed by atoms with Crippen molar-refractivity contribution < 1.29 is 19.0 Å². The fourth-order valence-electron chi connectivity index (χ4n) is 2.66. The predicted octanol–water partition coefficient (Wildman–Crippen LogP) is 3.36. The summed E-state index contributed by atoms with van der Waals surface area (Å²) < 4.78 is 16.2. The minimum absolute atomic E-state index is 0.269. The molecule has 5 nitrogen and oxygen atoms in total. The van der Waals surface area contributed by atoms with Crippen LogP contribution < -0.4 is 9.47 Å². The van der Waals surface area contributed by atoms with Gasteiger partial charge in [0.05, 0.1) is 7.11 Å². The number of hydrogen-bond donors (Lipinski definition) is 0. The van der Waals surface area contributed by atoms with Gasteiger partial charge in [-0.2, -0.15) is 0 Å². The third-order valence-corrected chi connectivity index (χ3v) is 3.92. The number of nitrogens with zero attached hydrogens (tertiary/aromatic N) is 1. The van der Waals surface area contributed by atoms with Crippen molar-refractivity contribution in [3.63, 3.8) is 0 Å². The van der Waals surface area contributed by atoms with E-state index in [-0.39, 0.29) is 5.70 Å². The molecule has 2 heterocycles. The number of aliphatic imine (C=N–C) groups is 1. The van der Waals surface area contributed by atoms with Gasteiger partial charge in [0.1, 0.15) is 18.1 Å². The first-order valence-corrected chi connectivity index (χ1v) is 7.82. The van der Waals surface area contributed by atoms with Crippen LogP contribution in [0.5, 0.6) is 11.5 Å². The Hall–Kier alpha value is -3.34. The first-order chi connectivity index (χ1) is 12.2. The first-order valence-electron chi connectivity index (χ1n) is 7.82. The summed E-state index contributed by atoms with van der Waals surface area (Å²) in [6, 6.07) is 15.0. The van der Waals surface area contributed by atoms with E-state index >= 15 is 0 Å². The lowest BCUT2D eigenvalue weighted by molar-refractivity contribution is -0.130. The number of ether oxygens (including phenoxy) is 3. The van der Waals surface area contributed by atoms with Crippen molar-refractivity contribution in [1.82, 2.24) is 0 Å². The van der Waals surface area contributed by atoms with Gasteiger partial charge >= 0.3 is 5.97 Å². The van der Waals surface area contributed by atoms with E-state index in [2.05, 4.69) is 4.99 Å². The minimum Gasteiger partial charge on any atom is -0.497 e. The fraction of sp³-hybridized carbons (Fsp3) is 0.100. The van der Waals surface area contributed by atoms with Gasteiger partial charge < -0.3 is 14.2 Å². The maximum absolute atomic E-state index is 12.1. The molecule has 0 bridgehead atoms. The van der Waals surface area contributed by atoms with Crippen molar-refractivity contribution >= 4 is 17.9 Å². The van der Waals surface area contributed by atoms with Crippen LogP contribution in [0.1, 0.15) is 11.1 Å². The van der Waals surface area contributed by atoms with Gasteiger partial charge in [0.15, 0.2) is 5.70 Å². The summed E-state index contributed by atoms with van der Waals surface area (Å²) in [6.45, 7) is 0.354. The number of fused-ring (bicyclic) bond motifs is 1. The highest BCUT2D eigenvalue weighted by Crippen LogP contribution is 2.31. The molecule has 2 aromatic rings. The van der Waals surface area contributed by atoms with Crippen LogP contribution >= 0.6 is 0 Å². The molecule has 0 atom stereocenters. The van der Waals surface area contributed by atoms with E-state index in [0.717, 1.165) is 28.2 Å². The number of carbonyl (C=O) groups excluding carboxylic acids is 1. The molecule has 0 radical (unpaired) electrons.